The van der Waals surface area contributed by atoms with E-state index < -0.39 is 37.0 Å². The monoisotopic (exact) mass is 531 g/mol. The van der Waals surface area contributed by atoms with E-state index in [0.717, 1.165) is 30.9 Å². The summed E-state index contributed by atoms with van der Waals surface area (Å²) in [5, 5.41) is 7.90. The fourth-order valence-electron chi connectivity index (χ4n) is 3.23. The largest absolute Gasteiger partial charge is 0.368 e. The molecule has 1 atom stereocenters. The van der Waals surface area contributed by atoms with Crippen LogP contribution in [0.3, 0.4) is 0 Å². The zero-order chi connectivity index (χ0) is 25.7. The van der Waals surface area contributed by atoms with Gasteiger partial charge >= 0.3 is 0 Å². The number of anilines is 1. The number of hydrogen-bond donors (Lipinski definition) is 4. The minimum absolute atomic E-state index is 0.121. The Kier molecular flexibility index (Phi) is 9.43. The van der Waals surface area contributed by atoms with Crippen LogP contribution in [0, 0.1) is 5.92 Å². The van der Waals surface area contributed by atoms with Crippen LogP contribution >= 0.6 is 11.6 Å². The molecular formula is C21H30ClN5O5S2. The number of primary amides is 1. The fourth-order valence-corrected chi connectivity index (χ4v) is 5.74. The number of primary sulfonamides is 1. The van der Waals surface area contributed by atoms with Crippen molar-refractivity contribution in [2.45, 2.75) is 62.4 Å². The van der Waals surface area contributed by atoms with E-state index in [1.165, 1.54) is 6.07 Å². The van der Waals surface area contributed by atoms with Crippen LogP contribution in [-0.2, 0) is 26.5 Å². The molecule has 34 heavy (non-hydrogen) atoms. The molecule has 1 amide bonds. The third-order valence-corrected chi connectivity index (χ3v) is 7.75. The van der Waals surface area contributed by atoms with Crippen LogP contribution in [0.2, 0.25) is 5.02 Å². The molecule has 0 saturated carbocycles. The number of carbonyl (C=O) groups excluding carboxylic acids is 1. The number of carbonyl (C=O) groups is 1. The zero-order valence-electron chi connectivity index (χ0n) is 19.2. The predicted molar refractivity (Wildman–Crippen MR) is 131 cm³/mol. The van der Waals surface area contributed by atoms with Crippen molar-refractivity contribution >= 4 is 43.2 Å². The van der Waals surface area contributed by atoms with Crippen LogP contribution in [0.25, 0.3) is 0 Å². The van der Waals surface area contributed by atoms with Crippen LogP contribution < -0.4 is 20.9 Å². The molecule has 10 nitrogen and oxygen atoms in total. The Balaban J connectivity index is 0.000000270. The SMILES string of the molecule is CC(C)CC1Nc2cc(Cl)c(S(N)(=O)=O)cc2S(=O)(=O)N1.CCCCc1ccc(C(N)=O)nc1. The minimum Gasteiger partial charge on any atom is -0.368 e. The van der Waals surface area contributed by atoms with E-state index >= 15 is 0 Å². The van der Waals surface area contributed by atoms with Crippen molar-refractivity contribution in [1.29, 1.82) is 0 Å². The Labute approximate surface area is 205 Å². The lowest BCUT2D eigenvalue weighted by Crippen LogP contribution is -2.45. The summed E-state index contributed by atoms with van der Waals surface area (Å²) < 4.78 is 49.7. The average Bonchev–Trinajstić information content (AvgIpc) is 2.70. The van der Waals surface area contributed by atoms with Gasteiger partial charge in [-0.15, -0.1) is 0 Å². The average molecular weight is 532 g/mol. The Morgan fingerprint density at radius 1 is 1.26 bits per heavy atom. The number of nitrogens with zero attached hydrogens (tertiary/aromatic N) is 1. The van der Waals surface area contributed by atoms with Crippen molar-refractivity contribution in [3.8, 4) is 0 Å². The van der Waals surface area contributed by atoms with Gasteiger partial charge in [-0.05, 0) is 48.9 Å². The van der Waals surface area contributed by atoms with Gasteiger partial charge in [-0.3, -0.25) is 9.78 Å². The van der Waals surface area contributed by atoms with Gasteiger partial charge in [0.05, 0.1) is 16.9 Å². The van der Waals surface area contributed by atoms with Gasteiger partial charge in [-0.2, -0.15) is 4.72 Å². The molecule has 1 aromatic heterocycles. The first-order valence-electron chi connectivity index (χ1n) is 10.6. The molecule has 0 saturated heterocycles. The first kappa shape index (κ1) is 28.0. The third-order valence-electron chi connectivity index (χ3n) is 4.86. The molecule has 2 aromatic rings. The van der Waals surface area contributed by atoms with E-state index in [1.54, 1.807) is 12.3 Å². The number of aromatic nitrogens is 1. The minimum atomic E-state index is -4.10. The lowest BCUT2D eigenvalue weighted by atomic mass is 10.1. The normalized spacial score (nSPS) is 16.7. The van der Waals surface area contributed by atoms with Crippen LogP contribution in [0.1, 0.15) is 56.1 Å². The smallest absolute Gasteiger partial charge is 0.267 e. The highest BCUT2D eigenvalue weighted by molar-refractivity contribution is 7.90. The van der Waals surface area contributed by atoms with Gasteiger partial charge < -0.3 is 11.1 Å². The third kappa shape index (κ3) is 7.64. The summed E-state index contributed by atoms with van der Waals surface area (Å²) in [6.07, 6.45) is 5.15. The number of benzene rings is 1. The summed E-state index contributed by atoms with van der Waals surface area (Å²) in [5.41, 5.74) is 6.82. The second-order valence-electron chi connectivity index (χ2n) is 8.29. The van der Waals surface area contributed by atoms with Crippen molar-refractivity contribution in [3.63, 3.8) is 0 Å². The second kappa shape index (κ2) is 11.5. The number of nitrogens with one attached hydrogen (secondary N) is 2. The maximum atomic E-state index is 12.2. The quantitative estimate of drug-likeness (QED) is 0.424. The highest BCUT2D eigenvalue weighted by atomic mass is 35.5. The number of pyridine rings is 1. The summed E-state index contributed by atoms with van der Waals surface area (Å²) in [7, 11) is -7.93. The van der Waals surface area contributed by atoms with Gasteiger partial charge in [0.25, 0.3) is 5.91 Å². The molecule has 1 aromatic carbocycles. The zero-order valence-corrected chi connectivity index (χ0v) is 21.6. The van der Waals surface area contributed by atoms with Gasteiger partial charge in [0.2, 0.25) is 20.0 Å². The Bertz CT molecular complexity index is 1230. The summed E-state index contributed by atoms with van der Waals surface area (Å²) in [4.78, 5) is 14.0. The van der Waals surface area contributed by atoms with Gasteiger partial charge in [0.1, 0.15) is 15.5 Å². The molecule has 13 heteroatoms. The number of halogens is 1. The summed E-state index contributed by atoms with van der Waals surface area (Å²) in [6, 6.07) is 5.81. The highest BCUT2D eigenvalue weighted by Crippen LogP contribution is 2.34. The topological polar surface area (TPSA) is 174 Å². The molecule has 2 heterocycles. The molecule has 1 aliphatic rings. The van der Waals surface area contributed by atoms with Crippen molar-refractivity contribution < 1.29 is 21.6 Å². The van der Waals surface area contributed by atoms with Gasteiger partial charge in [0, 0.05) is 6.20 Å². The van der Waals surface area contributed by atoms with E-state index in [4.69, 9.17) is 22.5 Å². The predicted octanol–water partition coefficient (Wildman–Crippen LogP) is 2.59. The Morgan fingerprint density at radius 2 is 1.94 bits per heavy atom. The number of sulfonamides is 2. The maximum absolute atomic E-state index is 12.2. The van der Waals surface area contributed by atoms with E-state index in [2.05, 4.69) is 21.9 Å². The molecule has 0 fully saturated rings. The molecule has 6 N–H and O–H groups in total. The van der Waals surface area contributed by atoms with E-state index in [9.17, 15) is 21.6 Å². The Hall–Kier alpha value is -2.25. The van der Waals surface area contributed by atoms with E-state index in [-0.39, 0.29) is 21.5 Å². The number of rotatable bonds is 7. The summed E-state index contributed by atoms with van der Waals surface area (Å²) >= 11 is 5.88. The summed E-state index contributed by atoms with van der Waals surface area (Å²) in [5.74, 6) is -0.201. The first-order chi connectivity index (χ1) is 15.7. The number of fused-ring (bicyclic) bond motifs is 1. The number of amides is 1. The number of unbranched alkanes of at least 4 members (excludes halogenated alkanes) is 1. The molecule has 0 bridgehead atoms. The fraction of sp³-hybridized carbons (Fsp3) is 0.429. The van der Waals surface area contributed by atoms with Gasteiger partial charge in [-0.1, -0.05) is 44.9 Å². The number of aryl methyl sites for hydroxylation is 1. The molecule has 1 aliphatic heterocycles. The van der Waals surface area contributed by atoms with Crippen molar-refractivity contribution in [2.75, 3.05) is 5.32 Å². The first-order valence-corrected chi connectivity index (χ1v) is 14.0. The lowest BCUT2D eigenvalue weighted by Gasteiger charge is -2.29. The van der Waals surface area contributed by atoms with Gasteiger partial charge in [-0.25, -0.2) is 22.0 Å². The molecule has 0 aliphatic carbocycles. The van der Waals surface area contributed by atoms with Crippen LogP contribution in [0.4, 0.5) is 5.69 Å². The van der Waals surface area contributed by atoms with Crippen molar-refractivity contribution in [1.82, 2.24) is 9.71 Å². The molecular weight excluding hydrogens is 502 g/mol. The van der Waals surface area contributed by atoms with Crippen molar-refractivity contribution in [2.24, 2.45) is 16.8 Å². The van der Waals surface area contributed by atoms with Crippen LogP contribution in [0.15, 0.2) is 40.3 Å². The van der Waals surface area contributed by atoms with Crippen molar-refractivity contribution in [3.05, 3.63) is 46.7 Å². The number of nitrogens with two attached hydrogens (primary N) is 2. The van der Waals surface area contributed by atoms with E-state index in [0.29, 0.717) is 12.1 Å². The van der Waals surface area contributed by atoms with Gasteiger partial charge in [0.15, 0.2) is 0 Å². The second-order valence-corrected chi connectivity index (χ2v) is 11.9. The standard InChI is InChI=1S/C11H16ClN3O4S2.C10H14N2O/c1-6(2)3-11-14-8-4-7(12)9(20(13,16)17)5-10(8)21(18,19)15-11;1-2-3-4-8-5-6-9(10(11)13)12-7-8/h4-6,11,14-15H,3H2,1-2H3,(H2,13,16,17);5-7H,2-4H2,1H3,(H2,11,13). The lowest BCUT2D eigenvalue weighted by molar-refractivity contribution is 0.0995. The Morgan fingerprint density at radius 3 is 2.44 bits per heavy atom. The number of hydrogen-bond acceptors (Lipinski definition) is 7. The molecule has 0 spiro atoms. The van der Waals surface area contributed by atoms with Crippen LogP contribution in [-0.4, -0.2) is 33.9 Å². The molecule has 188 valence electrons. The highest BCUT2D eigenvalue weighted by Gasteiger charge is 2.32. The molecule has 3 rings (SSSR count). The van der Waals surface area contributed by atoms with Crippen LogP contribution in [0.5, 0.6) is 0 Å². The summed E-state index contributed by atoms with van der Waals surface area (Å²) in [6.45, 7) is 6.07. The molecule has 0 radical (unpaired) electrons. The molecule has 1 unspecified atom stereocenters. The maximum Gasteiger partial charge on any atom is 0.267 e. The van der Waals surface area contributed by atoms with E-state index in [1.807, 2.05) is 19.9 Å².